The maximum absolute atomic E-state index is 13.2. The van der Waals surface area contributed by atoms with Gasteiger partial charge in [-0.25, -0.2) is 0 Å². The zero-order valence-corrected chi connectivity index (χ0v) is 15.2. The van der Waals surface area contributed by atoms with E-state index < -0.39 is 0 Å². The van der Waals surface area contributed by atoms with E-state index in [2.05, 4.69) is 0 Å². The van der Waals surface area contributed by atoms with Crippen LogP contribution in [0.25, 0.3) is 0 Å². The summed E-state index contributed by atoms with van der Waals surface area (Å²) in [5.74, 6) is -0.661. The highest BCUT2D eigenvalue weighted by molar-refractivity contribution is 6.30. The zero-order valence-electron chi connectivity index (χ0n) is 15.2. The molecule has 0 saturated carbocycles. The Labute approximate surface area is 157 Å². The van der Waals surface area contributed by atoms with E-state index in [-0.39, 0.29) is 23.5 Å². The lowest BCUT2D eigenvalue weighted by molar-refractivity contribution is -0.148. The number of ether oxygens (including phenoxy) is 1. The van der Waals surface area contributed by atoms with Crippen LogP contribution >= 0.6 is 0 Å². The van der Waals surface area contributed by atoms with Crippen molar-refractivity contribution < 1.29 is 19.1 Å². The van der Waals surface area contributed by atoms with Gasteiger partial charge in [0.25, 0.3) is 0 Å². The number of hydrogen-bond donors (Lipinski definition) is 0. The van der Waals surface area contributed by atoms with Gasteiger partial charge in [0.15, 0.2) is 11.6 Å². The molecule has 27 heavy (non-hydrogen) atoms. The number of fused-ring (bicyclic) bond motifs is 2. The van der Waals surface area contributed by atoms with Crippen molar-refractivity contribution in [1.82, 2.24) is 0 Å². The van der Waals surface area contributed by atoms with Crippen LogP contribution in [0.5, 0.6) is 0 Å². The number of ketones is 2. The maximum Gasteiger partial charge on any atom is 0.310 e. The van der Waals surface area contributed by atoms with Gasteiger partial charge in [-0.05, 0) is 25.8 Å². The van der Waals surface area contributed by atoms with Crippen LogP contribution in [-0.4, -0.2) is 37.2 Å². The van der Waals surface area contributed by atoms with Crippen LogP contribution in [0, 0.1) is 5.92 Å². The number of esters is 1. The first kappa shape index (κ1) is 17.5. The van der Waals surface area contributed by atoms with Crippen LogP contribution in [0.2, 0.25) is 0 Å². The first-order valence-electron chi connectivity index (χ1n) is 9.34. The third-order valence-electron chi connectivity index (χ3n) is 5.31. The SMILES string of the molecule is CCOC(=O)C1CCCN(c2cccc3c2C(=O)c2ccccc2C3=O)C1. The van der Waals surface area contributed by atoms with E-state index in [9.17, 15) is 14.4 Å². The van der Waals surface area contributed by atoms with Crippen LogP contribution in [-0.2, 0) is 9.53 Å². The number of piperidine rings is 1. The normalized spacial score (nSPS) is 18.7. The van der Waals surface area contributed by atoms with E-state index in [0.717, 1.165) is 25.1 Å². The Balaban J connectivity index is 1.73. The summed E-state index contributed by atoms with van der Waals surface area (Å²) < 4.78 is 5.18. The first-order chi connectivity index (χ1) is 13.1. The number of carbonyl (C=O) groups excluding carboxylic acids is 3. The summed E-state index contributed by atoms with van der Waals surface area (Å²) in [5.41, 5.74) is 2.52. The second-order valence-corrected chi connectivity index (χ2v) is 6.94. The second kappa shape index (κ2) is 6.99. The lowest BCUT2D eigenvalue weighted by atomic mass is 9.82. The quantitative estimate of drug-likeness (QED) is 0.669. The number of benzene rings is 2. The fraction of sp³-hybridized carbons (Fsp3) is 0.318. The minimum absolute atomic E-state index is 0.124. The smallest absolute Gasteiger partial charge is 0.310 e. The summed E-state index contributed by atoms with van der Waals surface area (Å²) in [7, 11) is 0. The number of rotatable bonds is 3. The minimum Gasteiger partial charge on any atom is -0.466 e. The Morgan fingerprint density at radius 2 is 1.74 bits per heavy atom. The Morgan fingerprint density at radius 3 is 2.48 bits per heavy atom. The number of hydrogen-bond acceptors (Lipinski definition) is 5. The fourth-order valence-corrected chi connectivity index (χ4v) is 4.04. The lowest BCUT2D eigenvalue weighted by Crippen LogP contribution is -2.40. The van der Waals surface area contributed by atoms with Gasteiger partial charge in [0.2, 0.25) is 0 Å². The number of carbonyl (C=O) groups is 3. The van der Waals surface area contributed by atoms with E-state index in [1.54, 1.807) is 43.3 Å². The summed E-state index contributed by atoms with van der Waals surface area (Å²) in [5, 5.41) is 0. The van der Waals surface area contributed by atoms with Crippen LogP contribution in [0.15, 0.2) is 42.5 Å². The molecule has 0 spiro atoms. The summed E-state index contributed by atoms with van der Waals surface area (Å²) in [6.45, 7) is 3.40. The molecule has 5 heteroatoms. The molecule has 2 aliphatic rings. The predicted octanol–water partition coefficient (Wildman–Crippen LogP) is 3.24. The third kappa shape index (κ3) is 2.93. The first-order valence-corrected chi connectivity index (χ1v) is 9.34. The molecule has 2 aromatic rings. The van der Waals surface area contributed by atoms with Crippen molar-refractivity contribution in [1.29, 1.82) is 0 Å². The molecule has 138 valence electrons. The van der Waals surface area contributed by atoms with Crippen molar-refractivity contribution in [2.75, 3.05) is 24.6 Å². The molecule has 0 bridgehead atoms. The molecule has 1 aliphatic heterocycles. The summed E-state index contributed by atoms with van der Waals surface area (Å²) in [6, 6.07) is 12.3. The van der Waals surface area contributed by atoms with Gasteiger partial charge in [0, 0.05) is 35.5 Å². The van der Waals surface area contributed by atoms with Crippen molar-refractivity contribution in [2.24, 2.45) is 5.92 Å². The highest BCUT2D eigenvalue weighted by Gasteiger charge is 2.34. The fourth-order valence-electron chi connectivity index (χ4n) is 4.04. The molecule has 1 heterocycles. The lowest BCUT2D eigenvalue weighted by Gasteiger charge is -2.35. The zero-order chi connectivity index (χ0) is 19.0. The van der Waals surface area contributed by atoms with Crippen LogP contribution in [0.4, 0.5) is 5.69 Å². The molecule has 1 saturated heterocycles. The molecular weight excluding hydrogens is 342 g/mol. The minimum atomic E-state index is -0.212. The molecule has 5 nitrogen and oxygen atoms in total. The molecule has 1 unspecified atom stereocenters. The standard InChI is InChI=1S/C22H21NO4/c1-2-27-22(26)14-7-6-12-23(13-14)18-11-5-10-17-19(18)21(25)16-9-4-3-8-15(16)20(17)24/h3-5,8-11,14H,2,6-7,12-13H2,1H3. The van der Waals surface area contributed by atoms with E-state index in [0.29, 0.717) is 35.4 Å². The molecule has 4 rings (SSSR count). The summed E-state index contributed by atoms with van der Waals surface area (Å²) >= 11 is 0. The molecular formula is C22H21NO4. The van der Waals surface area contributed by atoms with Crippen LogP contribution in [0.3, 0.4) is 0 Å². The highest BCUT2D eigenvalue weighted by atomic mass is 16.5. The molecule has 1 aliphatic carbocycles. The predicted molar refractivity (Wildman–Crippen MR) is 101 cm³/mol. The Kier molecular flexibility index (Phi) is 4.52. The van der Waals surface area contributed by atoms with Crippen LogP contribution in [0.1, 0.15) is 51.6 Å². The van der Waals surface area contributed by atoms with Crippen LogP contribution < -0.4 is 4.90 Å². The molecule has 0 radical (unpaired) electrons. The Bertz CT molecular complexity index is 934. The van der Waals surface area contributed by atoms with Gasteiger partial charge in [0.1, 0.15) is 0 Å². The molecule has 2 aromatic carbocycles. The highest BCUT2D eigenvalue weighted by Crippen LogP contribution is 2.35. The molecule has 1 atom stereocenters. The molecule has 0 amide bonds. The van der Waals surface area contributed by atoms with Crippen molar-refractivity contribution >= 4 is 23.2 Å². The number of nitrogens with zero attached hydrogens (tertiary/aromatic N) is 1. The Morgan fingerprint density at radius 1 is 1.04 bits per heavy atom. The van der Waals surface area contributed by atoms with Gasteiger partial charge in [-0.1, -0.05) is 36.4 Å². The second-order valence-electron chi connectivity index (χ2n) is 6.94. The van der Waals surface area contributed by atoms with Gasteiger partial charge in [-0.15, -0.1) is 0 Å². The number of anilines is 1. The van der Waals surface area contributed by atoms with Crippen molar-refractivity contribution in [2.45, 2.75) is 19.8 Å². The largest absolute Gasteiger partial charge is 0.466 e. The van der Waals surface area contributed by atoms with Gasteiger partial charge in [-0.3, -0.25) is 14.4 Å². The van der Waals surface area contributed by atoms with E-state index >= 15 is 0 Å². The van der Waals surface area contributed by atoms with E-state index in [4.69, 9.17) is 4.74 Å². The monoisotopic (exact) mass is 363 g/mol. The van der Waals surface area contributed by atoms with Gasteiger partial charge in [-0.2, -0.15) is 0 Å². The summed E-state index contributed by atoms with van der Waals surface area (Å²) in [6.07, 6.45) is 1.62. The van der Waals surface area contributed by atoms with Crippen molar-refractivity contribution in [3.8, 4) is 0 Å². The molecule has 1 fully saturated rings. The van der Waals surface area contributed by atoms with Gasteiger partial charge < -0.3 is 9.64 Å². The van der Waals surface area contributed by atoms with Crippen molar-refractivity contribution in [3.05, 3.63) is 64.7 Å². The maximum atomic E-state index is 13.2. The average molecular weight is 363 g/mol. The van der Waals surface area contributed by atoms with E-state index in [1.165, 1.54) is 0 Å². The molecule has 0 aromatic heterocycles. The van der Waals surface area contributed by atoms with Gasteiger partial charge >= 0.3 is 5.97 Å². The average Bonchev–Trinajstić information content (AvgIpc) is 2.72. The van der Waals surface area contributed by atoms with Crippen molar-refractivity contribution in [3.63, 3.8) is 0 Å². The van der Waals surface area contributed by atoms with Gasteiger partial charge in [0.05, 0.1) is 18.1 Å². The Hall–Kier alpha value is -2.95. The van der Waals surface area contributed by atoms with E-state index in [1.807, 2.05) is 11.0 Å². The topological polar surface area (TPSA) is 63.7 Å². The third-order valence-corrected chi connectivity index (χ3v) is 5.31. The molecule has 0 N–H and O–H groups in total. The summed E-state index contributed by atoms with van der Waals surface area (Å²) in [4.78, 5) is 40.3.